The first-order chi connectivity index (χ1) is 31.4. The number of thioether (sulfide) groups is 2. The van der Waals surface area contributed by atoms with Crippen LogP contribution in [0.1, 0.15) is 85.0 Å². The number of aliphatic hydroxyl groups is 1. The molecule has 0 unspecified atom stereocenters. The number of carboxylic acid groups (broad SMARTS) is 2. The molecular weight excluding hydrogens is 921 g/mol. The number of guanidine groups is 1. The number of hydrogen-bond acceptors (Lipinski definition) is 15. The van der Waals surface area contributed by atoms with Crippen LogP contribution in [-0.4, -0.2) is 177 Å². The van der Waals surface area contributed by atoms with Crippen LogP contribution < -0.4 is 54.8 Å². The van der Waals surface area contributed by atoms with Crippen molar-refractivity contribution >= 4 is 88.7 Å². The predicted octanol–water partition coefficient (Wildman–Crippen LogP) is -3.98. The number of carbonyl (C=O) groups is 10. The fourth-order valence-corrected chi connectivity index (χ4v) is 7.77. The van der Waals surface area contributed by atoms with Crippen molar-refractivity contribution in [1.29, 1.82) is 0 Å². The Morgan fingerprint density at radius 2 is 1.24 bits per heavy atom. The molecule has 1 saturated heterocycles. The largest absolute Gasteiger partial charge is 0.481 e. The highest BCUT2D eigenvalue weighted by Crippen LogP contribution is 2.21. The van der Waals surface area contributed by atoms with Crippen molar-refractivity contribution in [2.45, 2.75) is 139 Å². The van der Waals surface area contributed by atoms with Gasteiger partial charge in [0.2, 0.25) is 47.3 Å². The van der Waals surface area contributed by atoms with Gasteiger partial charge < -0.3 is 75.1 Å². The lowest BCUT2D eigenvalue weighted by Gasteiger charge is -2.31. The molecule has 1 aliphatic rings. The molecule has 25 nitrogen and oxygen atoms in total. The van der Waals surface area contributed by atoms with Gasteiger partial charge in [-0.15, -0.1) is 0 Å². The number of likely N-dealkylation sites (tertiary alicyclic amines) is 1. The first-order valence-electron chi connectivity index (χ1n) is 21.8. The van der Waals surface area contributed by atoms with E-state index in [0.29, 0.717) is 17.9 Å². The SMILES string of the molecule is CSCC[C@H](NC(=O)[C@H](CCC(N)=O)NC(=O)[C@@H]1CCCN1C(=O)[C@H](CCSC)NC(=O)[C@H](CC(=O)O)NC(=O)[C@@H](NC(=O)[C@@H](N)CC(C)C)[C@@H](C)O)C(=O)N[C@@H](CCCN=C(N)N)C(=O)O. The number of aliphatic carboxylic acids is 2. The average Bonchev–Trinajstić information content (AvgIpc) is 3.74. The van der Waals surface area contributed by atoms with Gasteiger partial charge in [-0.05, 0) is 88.2 Å². The van der Waals surface area contributed by atoms with Gasteiger partial charge in [0.05, 0.1) is 18.6 Å². The van der Waals surface area contributed by atoms with Crippen LogP contribution >= 0.6 is 23.5 Å². The lowest BCUT2D eigenvalue weighted by molar-refractivity contribution is -0.144. The molecule has 27 heteroatoms. The molecular formula is C40H70N12O13S2. The molecule has 0 bridgehead atoms. The Balaban J connectivity index is 3.34. The maximum atomic E-state index is 14.2. The number of nitrogens with two attached hydrogens (primary N) is 4. The summed E-state index contributed by atoms with van der Waals surface area (Å²) in [6.45, 7) is 4.97. The summed E-state index contributed by atoms with van der Waals surface area (Å²) in [5.74, 6) is -9.44. The van der Waals surface area contributed by atoms with Crippen molar-refractivity contribution in [3.05, 3.63) is 0 Å². The van der Waals surface area contributed by atoms with Crippen LogP contribution in [0.25, 0.3) is 0 Å². The molecule has 1 fully saturated rings. The predicted molar refractivity (Wildman–Crippen MR) is 250 cm³/mol. The van der Waals surface area contributed by atoms with Crippen LogP contribution in [0.4, 0.5) is 0 Å². The summed E-state index contributed by atoms with van der Waals surface area (Å²) in [5, 5.41) is 44.3. The summed E-state index contributed by atoms with van der Waals surface area (Å²) in [6, 6.07) is -11.1. The number of amides is 8. The molecule has 0 aliphatic carbocycles. The summed E-state index contributed by atoms with van der Waals surface area (Å²) in [7, 11) is 0. The Morgan fingerprint density at radius 3 is 1.76 bits per heavy atom. The van der Waals surface area contributed by atoms with Crippen molar-refractivity contribution in [2.24, 2.45) is 33.8 Å². The fourth-order valence-electron chi connectivity index (χ4n) is 6.83. The van der Waals surface area contributed by atoms with Gasteiger partial charge in [-0.25, -0.2) is 4.79 Å². The zero-order valence-electron chi connectivity index (χ0n) is 38.6. The van der Waals surface area contributed by atoms with Gasteiger partial charge in [-0.3, -0.25) is 48.1 Å². The van der Waals surface area contributed by atoms with Crippen molar-refractivity contribution in [3.8, 4) is 0 Å². The molecule has 9 atom stereocenters. The Morgan fingerprint density at radius 1 is 0.701 bits per heavy atom. The molecule has 0 aromatic carbocycles. The van der Waals surface area contributed by atoms with E-state index in [1.165, 1.54) is 35.3 Å². The third-order valence-corrected chi connectivity index (χ3v) is 11.6. The molecule has 17 N–H and O–H groups in total. The minimum atomic E-state index is -1.80. The van der Waals surface area contributed by atoms with Crippen LogP contribution in [0.15, 0.2) is 4.99 Å². The summed E-state index contributed by atoms with van der Waals surface area (Å²) < 4.78 is 0. The van der Waals surface area contributed by atoms with E-state index in [0.717, 1.165) is 0 Å². The van der Waals surface area contributed by atoms with Crippen LogP contribution in [0.2, 0.25) is 0 Å². The van der Waals surface area contributed by atoms with Gasteiger partial charge in [-0.1, -0.05) is 13.8 Å². The van der Waals surface area contributed by atoms with E-state index in [9.17, 15) is 63.3 Å². The monoisotopic (exact) mass is 990 g/mol. The summed E-state index contributed by atoms with van der Waals surface area (Å²) in [6.07, 6.45) is 1.18. The number of primary amides is 1. The van der Waals surface area contributed by atoms with E-state index in [1.54, 1.807) is 12.5 Å². The molecule has 0 aromatic heterocycles. The molecule has 8 amide bonds. The van der Waals surface area contributed by atoms with Crippen molar-refractivity contribution in [2.75, 3.05) is 37.1 Å². The number of hydrogen-bond donors (Lipinski definition) is 13. The van der Waals surface area contributed by atoms with Gasteiger partial charge in [0, 0.05) is 19.5 Å². The lowest BCUT2D eigenvalue weighted by atomic mass is 10.0. The number of rotatable bonds is 32. The first-order valence-corrected chi connectivity index (χ1v) is 24.5. The zero-order chi connectivity index (χ0) is 51.0. The molecule has 1 aliphatic heterocycles. The highest BCUT2D eigenvalue weighted by atomic mass is 32.2. The van der Waals surface area contributed by atoms with Crippen LogP contribution in [0, 0.1) is 5.92 Å². The minimum Gasteiger partial charge on any atom is -0.481 e. The standard InChI is InChI=1S/C40H70N12O13S2/c1-20(2)18-22(41)32(57)51-31(21(3)53)37(62)50-27(19-30(55)56)35(60)48-25(13-17-67-5)38(63)52-15-7-9-28(52)36(61)47-23(10-11-29(42)54)33(58)46-24(12-16-66-4)34(59)49-26(39(64)65)8-6-14-45-40(43)44/h20-28,31,53H,6-19,41H2,1-5H3,(H2,42,54)(H,46,58)(H,47,61)(H,48,60)(H,49,59)(H,50,62)(H,51,57)(H,55,56)(H,64,65)(H4,43,44,45)/t21-,22+,23+,24+,25+,26+,27+,28+,31+/m1/s1. The van der Waals surface area contributed by atoms with E-state index in [-0.39, 0.29) is 76.3 Å². The number of nitrogens with zero attached hydrogens (tertiary/aromatic N) is 2. The first kappa shape index (κ1) is 59.6. The Bertz CT molecular complexity index is 1750. The smallest absolute Gasteiger partial charge is 0.326 e. The Labute approximate surface area is 398 Å². The molecule has 0 aromatic rings. The minimum absolute atomic E-state index is 0.00738. The molecule has 380 valence electrons. The summed E-state index contributed by atoms with van der Waals surface area (Å²) in [4.78, 5) is 136. The molecule has 1 rings (SSSR count). The van der Waals surface area contributed by atoms with E-state index < -0.39 is 120 Å². The molecule has 1 heterocycles. The van der Waals surface area contributed by atoms with Crippen LogP contribution in [-0.2, 0) is 47.9 Å². The number of carbonyl (C=O) groups excluding carboxylic acids is 8. The van der Waals surface area contributed by atoms with E-state index in [1.807, 2.05) is 13.8 Å². The highest BCUT2D eigenvalue weighted by molar-refractivity contribution is 7.98. The van der Waals surface area contributed by atoms with Gasteiger partial charge in [-0.2, -0.15) is 23.5 Å². The fraction of sp³-hybridized carbons (Fsp3) is 0.725. The zero-order valence-corrected chi connectivity index (χ0v) is 40.3. The summed E-state index contributed by atoms with van der Waals surface area (Å²) >= 11 is 2.66. The Kier molecular flexibility index (Phi) is 27.4. The van der Waals surface area contributed by atoms with Gasteiger partial charge in [0.25, 0.3) is 0 Å². The second-order valence-corrected chi connectivity index (χ2v) is 18.4. The second-order valence-electron chi connectivity index (χ2n) is 16.4. The number of carboxylic acids is 2. The molecule has 67 heavy (non-hydrogen) atoms. The number of nitrogens with one attached hydrogen (secondary N) is 6. The topological polar surface area (TPSA) is 423 Å². The number of aliphatic imine (C=N–C) groups is 1. The van der Waals surface area contributed by atoms with Crippen molar-refractivity contribution in [3.63, 3.8) is 0 Å². The van der Waals surface area contributed by atoms with Crippen molar-refractivity contribution < 1.29 is 63.3 Å². The molecule has 0 radical (unpaired) electrons. The quantitative estimate of drug-likeness (QED) is 0.0174. The normalized spacial score (nSPS) is 17.0. The van der Waals surface area contributed by atoms with Gasteiger partial charge >= 0.3 is 11.9 Å². The van der Waals surface area contributed by atoms with Gasteiger partial charge in [0.15, 0.2) is 5.96 Å². The van der Waals surface area contributed by atoms with Crippen molar-refractivity contribution in [1.82, 2.24) is 36.8 Å². The van der Waals surface area contributed by atoms with E-state index in [4.69, 9.17) is 22.9 Å². The summed E-state index contributed by atoms with van der Waals surface area (Å²) in [5.41, 5.74) is 21.9. The van der Waals surface area contributed by atoms with E-state index in [2.05, 4.69) is 36.9 Å². The van der Waals surface area contributed by atoms with Crippen LogP contribution in [0.3, 0.4) is 0 Å². The second kappa shape index (κ2) is 30.8. The maximum absolute atomic E-state index is 14.2. The third-order valence-electron chi connectivity index (χ3n) is 10.3. The lowest BCUT2D eigenvalue weighted by Crippen LogP contribution is -2.61. The van der Waals surface area contributed by atoms with Gasteiger partial charge in [0.1, 0.15) is 42.3 Å². The van der Waals surface area contributed by atoms with Crippen LogP contribution in [0.5, 0.6) is 0 Å². The molecule has 0 spiro atoms. The Hall–Kier alpha value is -5.41. The highest BCUT2D eigenvalue weighted by Gasteiger charge is 2.41. The average molecular weight is 991 g/mol. The maximum Gasteiger partial charge on any atom is 0.326 e. The van der Waals surface area contributed by atoms with E-state index >= 15 is 0 Å². The third kappa shape index (κ3) is 22.3. The molecule has 0 saturated carbocycles. The number of aliphatic hydroxyl groups excluding tert-OH is 1.